The summed E-state index contributed by atoms with van der Waals surface area (Å²) in [6.07, 6.45) is 6.81. The first-order valence-corrected chi connectivity index (χ1v) is 4.77. The summed E-state index contributed by atoms with van der Waals surface area (Å²) >= 11 is 0. The molecular formula is C13H14. The third kappa shape index (κ3) is 1.72. The van der Waals surface area contributed by atoms with Gasteiger partial charge in [-0.3, -0.25) is 0 Å². The number of hydrogen-bond donors (Lipinski definition) is 0. The molecule has 0 unspecified atom stereocenters. The molecule has 0 nitrogen and oxygen atoms in total. The molecule has 0 fully saturated rings. The van der Waals surface area contributed by atoms with Crippen LogP contribution in [0.5, 0.6) is 0 Å². The van der Waals surface area contributed by atoms with Gasteiger partial charge in [-0.15, -0.1) is 0 Å². The van der Waals surface area contributed by atoms with Gasteiger partial charge in [-0.05, 0) is 18.4 Å². The SMILES string of the molecule is C=C1CCC=C[C@H]1c1ccccc1. The lowest BCUT2D eigenvalue weighted by atomic mass is 9.86. The second kappa shape index (κ2) is 3.61. The molecule has 0 heteroatoms. The minimum atomic E-state index is 0.454. The molecule has 1 aliphatic carbocycles. The van der Waals surface area contributed by atoms with Crippen molar-refractivity contribution in [2.24, 2.45) is 0 Å². The molecule has 2 rings (SSSR count). The molecule has 0 saturated carbocycles. The summed E-state index contributed by atoms with van der Waals surface area (Å²) < 4.78 is 0. The summed E-state index contributed by atoms with van der Waals surface area (Å²) in [5.41, 5.74) is 2.71. The van der Waals surface area contributed by atoms with Gasteiger partial charge >= 0.3 is 0 Å². The first-order valence-electron chi connectivity index (χ1n) is 4.77. The summed E-state index contributed by atoms with van der Waals surface area (Å²) in [6, 6.07) is 10.6. The fourth-order valence-corrected chi connectivity index (χ4v) is 1.80. The number of rotatable bonds is 1. The summed E-state index contributed by atoms with van der Waals surface area (Å²) in [5.74, 6) is 0.454. The smallest absolute Gasteiger partial charge is 0.0225 e. The van der Waals surface area contributed by atoms with Crippen LogP contribution in [0, 0.1) is 0 Å². The van der Waals surface area contributed by atoms with Crippen LogP contribution in [0.1, 0.15) is 24.3 Å². The number of benzene rings is 1. The van der Waals surface area contributed by atoms with E-state index in [0.717, 1.165) is 12.8 Å². The van der Waals surface area contributed by atoms with Crippen molar-refractivity contribution in [2.75, 3.05) is 0 Å². The zero-order chi connectivity index (χ0) is 9.10. The van der Waals surface area contributed by atoms with Crippen LogP contribution in [-0.2, 0) is 0 Å². The van der Waals surface area contributed by atoms with E-state index in [0.29, 0.717) is 5.92 Å². The van der Waals surface area contributed by atoms with Crippen LogP contribution in [0.15, 0.2) is 54.6 Å². The van der Waals surface area contributed by atoms with Crippen LogP contribution in [0.4, 0.5) is 0 Å². The molecule has 0 heterocycles. The average molecular weight is 170 g/mol. The molecule has 0 amide bonds. The van der Waals surface area contributed by atoms with Gasteiger partial charge in [0.25, 0.3) is 0 Å². The Morgan fingerprint density at radius 3 is 2.62 bits per heavy atom. The molecular weight excluding hydrogens is 156 g/mol. The first kappa shape index (κ1) is 8.31. The van der Waals surface area contributed by atoms with E-state index < -0.39 is 0 Å². The van der Waals surface area contributed by atoms with Crippen molar-refractivity contribution in [2.45, 2.75) is 18.8 Å². The van der Waals surface area contributed by atoms with E-state index >= 15 is 0 Å². The Bertz CT molecular complexity index is 319. The Hall–Kier alpha value is -1.30. The quantitative estimate of drug-likeness (QED) is 0.564. The van der Waals surface area contributed by atoms with Gasteiger partial charge in [-0.1, -0.05) is 54.6 Å². The Morgan fingerprint density at radius 1 is 1.15 bits per heavy atom. The van der Waals surface area contributed by atoms with Gasteiger partial charge in [0.05, 0.1) is 0 Å². The van der Waals surface area contributed by atoms with Crippen LogP contribution in [0.3, 0.4) is 0 Å². The maximum Gasteiger partial charge on any atom is 0.0225 e. The summed E-state index contributed by atoms with van der Waals surface area (Å²) in [7, 11) is 0. The normalized spacial score (nSPS) is 21.8. The second-order valence-electron chi connectivity index (χ2n) is 3.51. The fraction of sp³-hybridized carbons (Fsp3) is 0.231. The Kier molecular flexibility index (Phi) is 2.31. The van der Waals surface area contributed by atoms with Crippen LogP contribution >= 0.6 is 0 Å². The Labute approximate surface area is 79.6 Å². The van der Waals surface area contributed by atoms with Gasteiger partial charge in [0.1, 0.15) is 0 Å². The highest BCUT2D eigenvalue weighted by molar-refractivity contribution is 5.34. The van der Waals surface area contributed by atoms with E-state index in [-0.39, 0.29) is 0 Å². The highest BCUT2D eigenvalue weighted by Gasteiger charge is 2.13. The van der Waals surface area contributed by atoms with E-state index in [4.69, 9.17) is 0 Å². The van der Waals surface area contributed by atoms with Crippen molar-refractivity contribution in [3.8, 4) is 0 Å². The maximum absolute atomic E-state index is 4.12. The van der Waals surface area contributed by atoms with Crippen LogP contribution in [-0.4, -0.2) is 0 Å². The monoisotopic (exact) mass is 170 g/mol. The largest absolute Gasteiger partial charge is 0.0989 e. The van der Waals surface area contributed by atoms with E-state index in [9.17, 15) is 0 Å². The van der Waals surface area contributed by atoms with Crippen molar-refractivity contribution in [1.29, 1.82) is 0 Å². The number of hydrogen-bond acceptors (Lipinski definition) is 0. The molecule has 0 bridgehead atoms. The highest BCUT2D eigenvalue weighted by atomic mass is 14.2. The molecule has 1 atom stereocenters. The van der Waals surface area contributed by atoms with Gasteiger partial charge in [-0.2, -0.15) is 0 Å². The third-order valence-electron chi connectivity index (χ3n) is 2.56. The third-order valence-corrected chi connectivity index (χ3v) is 2.56. The van der Waals surface area contributed by atoms with Crippen molar-refractivity contribution in [3.05, 3.63) is 60.2 Å². The van der Waals surface area contributed by atoms with Gasteiger partial charge in [0, 0.05) is 5.92 Å². The molecule has 0 radical (unpaired) electrons. The molecule has 13 heavy (non-hydrogen) atoms. The molecule has 0 aromatic heterocycles. The summed E-state index contributed by atoms with van der Waals surface area (Å²) in [4.78, 5) is 0. The fourth-order valence-electron chi connectivity index (χ4n) is 1.80. The number of allylic oxidation sites excluding steroid dienone is 3. The van der Waals surface area contributed by atoms with Gasteiger partial charge in [0.2, 0.25) is 0 Å². The molecule has 0 aliphatic heterocycles. The minimum Gasteiger partial charge on any atom is -0.0989 e. The zero-order valence-electron chi connectivity index (χ0n) is 7.74. The van der Waals surface area contributed by atoms with E-state index in [1.54, 1.807) is 0 Å². The van der Waals surface area contributed by atoms with Gasteiger partial charge in [-0.25, -0.2) is 0 Å². The Morgan fingerprint density at radius 2 is 1.92 bits per heavy atom. The van der Waals surface area contributed by atoms with Crippen molar-refractivity contribution in [1.82, 2.24) is 0 Å². The standard InChI is InChI=1S/C13H14/c1-11-7-5-6-10-13(11)12-8-3-2-4-9-12/h2-4,6,8-10,13H,1,5,7H2/t13-/m1/s1. The second-order valence-corrected chi connectivity index (χ2v) is 3.51. The lowest BCUT2D eigenvalue weighted by Crippen LogP contribution is -2.01. The van der Waals surface area contributed by atoms with Crippen LogP contribution in [0.25, 0.3) is 0 Å². The predicted octanol–water partition coefficient (Wildman–Crippen LogP) is 3.68. The van der Waals surface area contributed by atoms with E-state index in [1.165, 1.54) is 11.1 Å². The topological polar surface area (TPSA) is 0 Å². The van der Waals surface area contributed by atoms with Crippen LogP contribution in [0.2, 0.25) is 0 Å². The maximum atomic E-state index is 4.12. The van der Waals surface area contributed by atoms with Gasteiger partial charge < -0.3 is 0 Å². The molecule has 66 valence electrons. The lowest BCUT2D eigenvalue weighted by molar-refractivity contribution is 0.826. The molecule has 1 aromatic carbocycles. The summed E-state index contributed by atoms with van der Waals surface area (Å²) in [6.45, 7) is 4.12. The molecule has 1 aliphatic rings. The predicted molar refractivity (Wildman–Crippen MR) is 56.7 cm³/mol. The summed E-state index contributed by atoms with van der Waals surface area (Å²) in [5, 5.41) is 0. The highest BCUT2D eigenvalue weighted by Crippen LogP contribution is 2.31. The van der Waals surface area contributed by atoms with Crippen molar-refractivity contribution >= 4 is 0 Å². The van der Waals surface area contributed by atoms with Crippen LogP contribution < -0.4 is 0 Å². The molecule has 0 saturated heterocycles. The van der Waals surface area contributed by atoms with Crippen molar-refractivity contribution < 1.29 is 0 Å². The zero-order valence-corrected chi connectivity index (χ0v) is 7.74. The van der Waals surface area contributed by atoms with E-state index in [1.807, 2.05) is 0 Å². The molecule has 0 N–H and O–H groups in total. The van der Waals surface area contributed by atoms with Gasteiger partial charge in [0.15, 0.2) is 0 Å². The Balaban J connectivity index is 2.30. The van der Waals surface area contributed by atoms with E-state index in [2.05, 4.69) is 49.1 Å². The molecule has 1 aromatic rings. The minimum absolute atomic E-state index is 0.454. The lowest BCUT2D eigenvalue weighted by Gasteiger charge is -2.19. The molecule has 0 spiro atoms. The average Bonchev–Trinajstić information content (AvgIpc) is 2.20. The van der Waals surface area contributed by atoms with Crippen molar-refractivity contribution in [3.63, 3.8) is 0 Å². The first-order chi connectivity index (χ1) is 6.38.